The summed E-state index contributed by atoms with van der Waals surface area (Å²) >= 11 is 5.97. The van der Waals surface area contributed by atoms with Gasteiger partial charge in [-0.25, -0.2) is 4.68 Å². The number of nitrogens with zero attached hydrogens (tertiary/aromatic N) is 4. The van der Waals surface area contributed by atoms with Gasteiger partial charge in [0.05, 0.1) is 17.4 Å². The zero-order chi connectivity index (χ0) is 14.3. The minimum Gasteiger partial charge on any atom is -0.384 e. The summed E-state index contributed by atoms with van der Waals surface area (Å²) in [6.45, 7) is 3.34. The van der Waals surface area contributed by atoms with Gasteiger partial charge in [0.15, 0.2) is 0 Å². The molecule has 0 radical (unpaired) electrons. The molecule has 2 aromatic heterocycles. The lowest BCUT2D eigenvalue weighted by Gasteiger charge is -2.12. The van der Waals surface area contributed by atoms with Crippen LogP contribution >= 0.6 is 11.6 Å². The number of rotatable bonds is 2. The second kappa shape index (κ2) is 4.54. The molecule has 0 aliphatic carbocycles. The fourth-order valence-corrected chi connectivity index (χ4v) is 2.13. The topological polar surface area (TPSA) is 63.8 Å². The van der Waals surface area contributed by atoms with Gasteiger partial charge in [-0.3, -0.25) is 4.98 Å². The van der Waals surface area contributed by atoms with Crippen molar-refractivity contribution in [3.63, 3.8) is 0 Å². The Labute approximate surface area is 120 Å². The highest BCUT2D eigenvalue weighted by atomic mass is 35.5. The van der Waals surface area contributed by atoms with E-state index in [0.717, 1.165) is 16.6 Å². The molecule has 0 fully saturated rings. The van der Waals surface area contributed by atoms with Gasteiger partial charge >= 0.3 is 0 Å². The van der Waals surface area contributed by atoms with Crippen LogP contribution in [0.25, 0.3) is 16.6 Å². The molecule has 0 saturated heterocycles. The Morgan fingerprint density at radius 1 is 1.25 bits per heavy atom. The number of fused-ring (bicyclic) bond motifs is 1. The Hall–Kier alpha value is -1.98. The van der Waals surface area contributed by atoms with Crippen LogP contribution in [0.1, 0.15) is 19.5 Å². The number of hydrogen-bond donors (Lipinski definition) is 1. The van der Waals surface area contributed by atoms with Crippen LogP contribution in [0.15, 0.2) is 36.7 Å². The molecular weight excluding hydrogens is 276 g/mol. The monoisotopic (exact) mass is 288 g/mol. The summed E-state index contributed by atoms with van der Waals surface area (Å²) in [6, 6.07) is 7.35. The average molecular weight is 289 g/mol. The van der Waals surface area contributed by atoms with Crippen LogP contribution in [0.3, 0.4) is 0 Å². The van der Waals surface area contributed by atoms with Gasteiger partial charge in [0.1, 0.15) is 11.3 Å². The predicted molar refractivity (Wildman–Crippen MR) is 76.9 cm³/mol. The molecular formula is C14H13ClN4O. The van der Waals surface area contributed by atoms with Crippen LogP contribution in [-0.4, -0.2) is 25.1 Å². The molecule has 0 aliphatic rings. The minimum absolute atomic E-state index is 0.511. The standard InChI is InChI=1S/C14H13ClN4O/c1-14(2,20)13-8-19(18-17-13)12-5-6-16-11-7-9(15)3-4-10(11)12/h3-8,20H,1-2H3. The summed E-state index contributed by atoms with van der Waals surface area (Å²) in [6.07, 6.45) is 3.41. The number of halogens is 1. The fourth-order valence-electron chi connectivity index (χ4n) is 1.97. The summed E-state index contributed by atoms with van der Waals surface area (Å²) in [5.74, 6) is 0. The molecule has 6 heteroatoms. The second-order valence-corrected chi connectivity index (χ2v) is 5.54. The molecule has 0 bridgehead atoms. The van der Waals surface area contributed by atoms with Gasteiger partial charge in [0.25, 0.3) is 0 Å². The zero-order valence-electron chi connectivity index (χ0n) is 11.1. The molecule has 0 unspecified atom stereocenters. The third kappa shape index (κ3) is 2.26. The first-order valence-corrected chi connectivity index (χ1v) is 6.53. The lowest BCUT2D eigenvalue weighted by atomic mass is 10.1. The number of aromatic nitrogens is 4. The van der Waals surface area contributed by atoms with Crippen LogP contribution in [-0.2, 0) is 5.60 Å². The Morgan fingerprint density at radius 3 is 2.75 bits per heavy atom. The van der Waals surface area contributed by atoms with Gasteiger partial charge in [-0.15, -0.1) is 5.10 Å². The molecule has 20 heavy (non-hydrogen) atoms. The highest BCUT2D eigenvalue weighted by molar-refractivity contribution is 6.31. The summed E-state index contributed by atoms with van der Waals surface area (Å²) in [5, 5.41) is 19.6. The molecule has 3 aromatic rings. The van der Waals surface area contributed by atoms with Gasteiger partial charge < -0.3 is 5.11 Å². The zero-order valence-corrected chi connectivity index (χ0v) is 11.8. The van der Waals surface area contributed by atoms with E-state index >= 15 is 0 Å². The van der Waals surface area contributed by atoms with Gasteiger partial charge in [0, 0.05) is 16.6 Å². The molecule has 1 aromatic carbocycles. The van der Waals surface area contributed by atoms with Crippen molar-refractivity contribution in [3.05, 3.63) is 47.4 Å². The molecule has 0 amide bonds. The van der Waals surface area contributed by atoms with E-state index in [9.17, 15) is 5.11 Å². The third-order valence-corrected chi connectivity index (χ3v) is 3.28. The highest BCUT2D eigenvalue weighted by Gasteiger charge is 2.20. The first-order valence-electron chi connectivity index (χ1n) is 6.15. The van der Waals surface area contributed by atoms with Crippen molar-refractivity contribution in [1.82, 2.24) is 20.0 Å². The lowest BCUT2D eigenvalue weighted by molar-refractivity contribution is 0.0737. The van der Waals surface area contributed by atoms with E-state index in [-0.39, 0.29) is 0 Å². The van der Waals surface area contributed by atoms with Crippen LogP contribution in [0.4, 0.5) is 0 Å². The SMILES string of the molecule is CC(C)(O)c1cn(-c2ccnc3cc(Cl)ccc23)nn1. The Balaban J connectivity index is 2.17. The average Bonchev–Trinajstić information content (AvgIpc) is 2.87. The highest BCUT2D eigenvalue weighted by Crippen LogP contribution is 2.24. The van der Waals surface area contributed by atoms with Gasteiger partial charge in [-0.05, 0) is 38.1 Å². The normalized spacial score (nSPS) is 12.0. The van der Waals surface area contributed by atoms with E-state index in [2.05, 4.69) is 15.3 Å². The Bertz CT molecular complexity index is 776. The van der Waals surface area contributed by atoms with Gasteiger partial charge in [-0.1, -0.05) is 16.8 Å². The number of benzene rings is 1. The van der Waals surface area contributed by atoms with Crippen molar-refractivity contribution in [3.8, 4) is 5.69 Å². The molecule has 2 heterocycles. The van der Waals surface area contributed by atoms with E-state index in [1.54, 1.807) is 37.0 Å². The maximum absolute atomic E-state index is 9.95. The van der Waals surface area contributed by atoms with Crippen LogP contribution in [0.5, 0.6) is 0 Å². The van der Waals surface area contributed by atoms with Crippen LogP contribution < -0.4 is 0 Å². The van der Waals surface area contributed by atoms with E-state index < -0.39 is 5.60 Å². The largest absolute Gasteiger partial charge is 0.384 e. The quantitative estimate of drug-likeness (QED) is 0.787. The van der Waals surface area contributed by atoms with E-state index in [1.807, 2.05) is 18.2 Å². The van der Waals surface area contributed by atoms with Crippen molar-refractivity contribution in [2.24, 2.45) is 0 Å². The minimum atomic E-state index is -1.02. The van der Waals surface area contributed by atoms with Gasteiger partial charge in [-0.2, -0.15) is 0 Å². The van der Waals surface area contributed by atoms with E-state index in [0.29, 0.717) is 10.7 Å². The van der Waals surface area contributed by atoms with Crippen LogP contribution in [0.2, 0.25) is 5.02 Å². The molecule has 1 N–H and O–H groups in total. The second-order valence-electron chi connectivity index (χ2n) is 5.10. The van der Waals surface area contributed by atoms with Crippen molar-refractivity contribution in [2.45, 2.75) is 19.4 Å². The number of hydrogen-bond acceptors (Lipinski definition) is 4. The van der Waals surface area contributed by atoms with Crippen molar-refractivity contribution >= 4 is 22.5 Å². The van der Waals surface area contributed by atoms with Crippen molar-refractivity contribution < 1.29 is 5.11 Å². The summed E-state index contributed by atoms with van der Waals surface area (Å²) in [7, 11) is 0. The van der Waals surface area contributed by atoms with E-state index in [4.69, 9.17) is 11.6 Å². The van der Waals surface area contributed by atoms with Crippen molar-refractivity contribution in [2.75, 3.05) is 0 Å². The van der Waals surface area contributed by atoms with E-state index in [1.165, 1.54) is 0 Å². The smallest absolute Gasteiger partial charge is 0.114 e. The Kier molecular flexibility index (Phi) is 2.96. The van der Waals surface area contributed by atoms with Crippen LogP contribution in [0, 0.1) is 0 Å². The first-order chi connectivity index (χ1) is 9.45. The third-order valence-electron chi connectivity index (χ3n) is 3.05. The number of aliphatic hydroxyl groups is 1. The molecule has 5 nitrogen and oxygen atoms in total. The fraction of sp³-hybridized carbons (Fsp3) is 0.214. The summed E-state index contributed by atoms with van der Waals surface area (Å²) in [4.78, 5) is 4.29. The van der Waals surface area contributed by atoms with Gasteiger partial charge in [0.2, 0.25) is 0 Å². The summed E-state index contributed by atoms with van der Waals surface area (Å²) in [5.41, 5.74) is 1.12. The maximum atomic E-state index is 9.95. The molecule has 0 saturated carbocycles. The molecule has 102 valence electrons. The molecule has 0 spiro atoms. The Morgan fingerprint density at radius 2 is 2.05 bits per heavy atom. The molecule has 0 aliphatic heterocycles. The predicted octanol–water partition coefficient (Wildman–Crippen LogP) is 2.70. The van der Waals surface area contributed by atoms with Crippen molar-refractivity contribution in [1.29, 1.82) is 0 Å². The maximum Gasteiger partial charge on any atom is 0.114 e. The number of pyridine rings is 1. The summed E-state index contributed by atoms with van der Waals surface area (Å²) < 4.78 is 1.63. The first kappa shape index (κ1) is 13.0. The molecule has 0 atom stereocenters. The molecule has 3 rings (SSSR count). The lowest BCUT2D eigenvalue weighted by Crippen LogP contribution is -2.15.